The van der Waals surface area contributed by atoms with Gasteiger partial charge in [0.05, 0.1) is 42.1 Å². The van der Waals surface area contributed by atoms with Crippen molar-refractivity contribution in [2.45, 2.75) is 111 Å². The van der Waals surface area contributed by atoms with Crippen LogP contribution in [0.2, 0.25) is 15.1 Å². The molecule has 0 saturated carbocycles. The van der Waals surface area contributed by atoms with Gasteiger partial charge in [0.2, 0.25) is 0 Å². The maximum atomic E-state index is 13.6. The summed E-state index contributed by atoms with van der Waals surface area (Å²) in [6.07, 6.45) is 4.71. The molecule has 16 nitrogen and oxygen atoms in total. The van der Waals surface area contributed by atoms with Crippen molar-refractivity contribution in [3.05, 3.63) is 77.7 Å². The molecule has 0 spiro atoms. The molecule has 0 saturated heterocycles. The van der Waals surface area contributed by atoms with E-state index in [0.29, 0.717) is 55.0 Å². The maximum Gasteiger partial charge on any atom is 0.337 e. The van der Waals surface area contributed by atoms with E-state index < -0.39 is 114 Å². The molecule has 7 rings (SSSR count). The molecule has 0 radical (unpaired) electrons. The van der Waals surface area contributed by atoms with Crippen LogP contribution in [0.1, 0.15) is 118 Å². The number of imide groups is 1. The highest BCUT2D eigenvalue weighted by molar-refractivity contribution is 8.13. The van der Waals surface area contributed by atoms with E-state index >= 15 is 0 Å². The van der Waals surface area contributed by atoms with Crippen molar-refractivity contribution in [3.63, 3.8) is 0 Å². The fourth-order valence-electron chi connectivity index (χ4n) is 9.07. The molecule has 0 aliphatic carbocycles. The Morgan fingerprint density at radius 2 is 1.52 bits per heavy atom. The highest BCUT2D eigenvalue weighted by Crippen LogP contribution is 2.54. The zero-order chi connectivity index (χ0) is 47.2. The molecule has 342 valence electrons. The first kappa shape index (κ1) is 47.7. The lowest BCUT2D eigenvalue weighted by molar-refractivity contribution is -0.136. The largest absolute Gasteiger partial charge is 0.478 e. The number of rotatable bonds is 11. The van der Waals surface area contributed by atoms with Crippen molar-refractivity contribution < 1.29 is 55.0 Å². The number of fused-ring (bicyclic) bond motifs is 4. The number of benzene rings is 3. The summed E-state index contributed by atoms with van der Waals surface area (Å²) in [5.41, 5.74) is -2.45. The van der Waals surface area contributed by atoms with Crippen LogP contribution in [-0.4, -0.2) is 83.1 Å². The van der Waals surface area contributed by atoms with E-state index in [-0.39, 0.29) is 45.4 Å². The third-order valence-electron chi connectivity index (χ3n) is 11.5. The van der Waals surface area contributed by atoms with Gasteiger partial charge in [-0.1, -0.05) is 48.7 Å². The number of carboxylic acids is 1. The first-order valence-electron chi connectivity index (χ1n) is 20.0. The first-order valence-corrected chi connectivity index (χ1v) is 24.8. The number of amides is 3. The van der Waals surface area contributed by atoms with E-state index in [1.54, 1.807) is 13.8 Å². The summed E-state index contributed by atoms with van der Waals surface area (Å²) in [6, 6.07) is 3.04. The third kappa shape index (κ3) is 8.77. The minimum absolute atomic E-state index is 0.0553. The molecule has 2 unspecified atom stereocenters. The second-order valence-corrected chi connectivity index (χ2v) is 22.3. The standard InChI is InChI=1S/C42H43Cl3N4O12S3/c1-18-16-41(3,4)47-32-20(18)14-22-26(23-15-21-19(2)17-42(5,6)48-33(21)38(64(58,59)60)35(23)61-34(22)37(32)63(55,56)57)27-28(39(52)53)29(43)31(45)36(30(27)44)62-40(54)46-12-8-7-9-13-49-24(50)10-11-25(49)51/h10-11,14-15,18-19,47H,7-9,12-13,16-17H2,1-6H3,(H,46,54)(H,52,53)(H,55,56,57)(H,58,59,60). The quantitative estimate of drug-likeness (QED) is 0.0318. The molecule has 4 heterocycles. The van der Waals surface area contributed by atoms with Crippen molar-refractivity contribution in [2.24, 2.45) is 4.99 Å². The van der Waals surface area contributed by atoms with Crippen LogP contribution >= 0.6 is 46.6 Å². The highest BCUT2D eigenvalue weighted by atomic mass is 35.5. The number of carbonyl (C=O) groups excluding carboxylic acids is 3. The monoisotopic (exact) mass is 996 g/mol. The lowest BCUT2D eigenvalue weighted by Gasteiger charge is -2.40. The van der Waals surface area contributed by atoms with Gasteiger partial charge in [0.1, 0.15) is 0 Å². The molecule has 0 aromatic heterocycles. The van der Waals surface area contributed by atoms with Crippen LogP contribution in [-0.2, 0) is 29.8 Å². The second-order valence-electron chi connectivity index (χ2n) is 17.5. The van der Waals surface area contributed by atoms with Gasteiger partial charge in [-0.05, 0) is 107 Å². The molecule has 3 aromatic rings. The van der Waals surface area contributed by atoms with Crippen LogP contribution in [0.15, 0.2) is 44.0 Å². The molecule has 0 bridgehead atoms. The van der Waals surface area contributed by atoms with Crippen molar-refractivity contribution in [1.29, 1.82) is 0 Å². The van der Waals surface area contributed by atoms with Gasteiger partial charge in [-0.3, -0.25) is 33.4 Å². The molecule has 4 aliphatic rings. The number of nitrogens with zero attached hydrogens (tertiary/aromatic N) is 2. The summed E-state index contributed by atoms with van der Waals surface area (Å²) >= 11 is 21.2. The Kier molecular flexibility index (Phi) is 12.6. The Hall–Kier alpha value is -4.21. The summed E-state index contributed by atoms with van der Waals surface area (Å²) < 4.78 is 82.9. The number of hydrogen-bond donors (Lipinski definition) is 5. The Morgan fingerprint density at radius 1 is 0.891 bits per heavy atom. The van der Waals surface area contributed by atoms with Crippen molar-refractivity contribution in [1.82, 2.24) is 10.2 Å². The van der Waals surface area contributed by atoms with Crippen LogP contribution in [0.5, 0.6) is 11.5 Å². The van der Waals surface area contributed by atoms with E-state index in [4.69, 9.17) is 39.5 Å². The number of halogens is 3. The van der Waals surface area contributed by atoms with Gasteiger partial charge in [0, 0.05) is 52.7 Å². The van der Waals surface area contributed by atoms with Gasteiger partial charge < -0.3 is 20.5 Å². The number of anilines is 1. The molecular weight excluding hydrogens is 955 g/mol. The van der Waals surface area contributed by atoms with Crippen molar-refractivity contribution in [3.8, 4) is 11.5 Å². The number of unbranched alkanes of at least 4 members (excludes halogenated alkanes) is 2. The molecule has 0 fully saturated rings. The Balaban J connectivity index is 1.48. The number of thioether (sulfide) groups is 1. The fraction of sp³-hybridized carbons (Fsp3) is 0.405. The van der Waals surface area contributed by atoms with Crippen LogP contribution < -0.4 is 25.9 Å². The molecule has 2 atom stereocenters. The average Bonchev–Trinajstić information content (AvgIpc) is 3.47. The molecule has 3 amide bonds. The minimum Gasteiger partial charge on any atom is -0.478 e. The molecule has 5 N–H and O–H groups in total. The highest BCUT2D eigenvalue weighted by Gasteiger charge is 2.43. The van der Waals surface area contributed by atoms with Crippen LogP contribution in [0.4, 0.5) is 10.5 Å². The average molecular weight is 998 g/mol. The SMILES string of the molecule is CC1CC(C)(C)Nc2c1cc1c(c2S(=O)(=O)O)Oc2c(S(=O)(=O)O)c3c(cc2=C1c1c(Cl)c(SC(=O)NCCCCCN2C(=O)C=CC2=O)c(Cl)c(Cl)c1C(=O)O)C(C)CC(C)(C)N=3. The Labute approximate surface area is 388 Å². The summed E-state index contributed by atoms with van der Waals surface area (Å²) in [7, 11) is -10.6. The van der Waals surface area contributed by atoms with Gasteiger partial charge in [-0.15, -0.1) is 0 Å². The van der Waals surface area contributed by atoms with Crippen molar-refractivity contribution in [2.75, 3.05) is 18.4 Å². The van der Waals surface area contributed by atoms with Gasteiger partial charge in [0.15, 0.2) is 21.3 Å². The number of hydrogen-bond acceptors (Lipinski definition) is 12. The predicted octanol–water partition coefficient (Wildman–Crippen LogP) is 7.69. The number of aromatic carboxylic acids is 1. The van der Waals surface area contributed by atoms with E-state index in [2.05, 4.69) is 15.6 Å². The van der Waals surface area contributed by atoms with Gasteiger partial charge in [-0.2, -0.15) is 16.8 Å². The fourth-order valence-corrected chi connectivity index (χ4v) is 12.5. The zero-order valence-corrected chi connectivity index (χ0v) is 39.9. The predicted molar refractivity (Wildman–Crippen MR) is 240 cm³/mol. The van der Waals surface area contributed by atoms with Crippen LogP contribution in [0.25, 0.3) is 5.57 Å². The second kappa shape index (κ2) is 16.9. The number of carboxylic acid groups (broad SMARTS) is 1. The molecule has 22 heteroatoms. The normalized spacial score (nSPS) is 19.5. The van der Waals surface area contributed by atoms with E-state index in [9.17, 15) is 50.2 Å². The number of nitrogens with one attached hydrogen (secondary N) is 2. The van der Waals surface area contributed by atoms with Crippen LogP contribution in [0, 0.1) is 0 Å². The summed E-state index contributed by atoms with van der Waals surface area (Å²) in [6.45, 7) is 11.1. The number of ether oxygens (including phenoxy) is 1. The van der Waals surface area contributed by atoms with Crippen LogP contribution in [0.3, 0.4) is 0 Å². The van der Waals surface area contributed by atoms with Gasteiger partial charge >= 0.3 is 5.97 Å². The van der Waals surface area contributed by atoms with E-state index in [1.807, 2.05) is 27.7 Å². The van der Waals surface area contributed by atoms with Gasteiger partial charge in [0.25, 0.3) is 37.3 Å². The Morgan fingerprint density at radius 3 is 2.12 bits per heavy atom. The maximum absolute atomic E-state index is 13.6. The summed E-state index contributed by atoms with van der Waals surface area (Å²) in [5.74, 6) is -4.55. The zero-order valence-electron chi connectivity index (χ0n) is 35.2. The lowest BCUT2D eigenvalue weighted by Crippen LogP contribution is -2.39. The summed E-state index contributed by atoms with van der Waals surface area (Å²) in [5, 5.41) is 14.3. The van der Waals surface area contributed by atoms with E-state index in [0.717, 1.165) is 4.90 Å². The van der Waals surface area contributed by atoms with Crippen molar-refractivity contribution >= 4 is 101 Å². The molecular formula is C42H43Cl3N4O12S3. The molecule has 3 aromatic carbocycles. The van der Waals surface area contributed by atoms with E-state index in [1.165, 1.54) is 24.3 Å². The topological polar surface area (TPSA) is 246 Å². The first-order chi connectivity index (χ1) is 29.6. The third-order valence-corrected chi connectivity index (χ3v) is 15.7. The summed E-state index contributed by atoms with van der Waals surface area (Å²) in [4.78, 5) is 54.5. The lowest BCUT2D eigenvalue weighted by atomic mass is 9.79. The van der Waals surface area contributed by atoms with Gasteiger partial charge in [-0.25, -0.2) is 4.79 Å². The smallest absolute Gasteiger partial charge is 0.337 e. The number of carbonyl (C=O) groups is 4. The minimum atomic E-state index is -5.31. The Bertz CT molecular complexity index is 2990. The molecule has 64 heavy (non-hydrogen) atoms. The molecule has 4 aliphatic heterocycles.